The highest BCUT2D eigenvalue weighted by atomic mass is 15.5. The smallest absolute Gasteiger partial charge is 0.165 e. The molecule has 2 saturated carbocycles. The molecule has 2 fully saturated rings. The van der Waals surface area contributed by atoms with Gasteiger partial charge in [-0.25, -0.2) is 4.68 Å². The lowest BCUT2D eigenvalue weighted by Gasteiger charge is -2.23. The van der Waals surface area contributed by atoms with Gasteiger partial charge in [-0.3, -0.25) is 0 Å². The minimum absolute atomic E-state index is 0.100. The molecule has 19 heavy (non-hydrogen) atoms. The van der Waals surface area contributed by atoms with Crippen molar-refractivity contribution in [1.82, 2.24) is 25.5 Å². The lowest BCUT2D eigenvalue weighted by atomic mass is 9.89. The Labute approximate surface area is 115 Å². The van der Waals surface area contributed by atoms with E-state index in [-0.39, 0.29) is 5.54 Å². The molecule has 1 heterocycles. The molecule has 0 aromatic carbocycles. The lowest BCUT2D eigenvalue weighted by Crippen LogP contribution is -2.36. The molecule has 0 radical (unpaired) electrons. The van der Waals surface area contributed by atoms with Crippen molar-refractivity contribution in [1.29, 1.82) is 0 Å². The molecular formula is C14H25N5. The zero-order chi connectivity index (χ0) is 13.5. The quantitative estimate of drug-likeness (QED) is 0.902. The predicted molar refractivity (Wildman–Crippen MR) is 73.3 cm³/mol. The van der Waals surface area contributed by atoms with Gasteiger partial charge in [-0.1, -0.05) is 6.42 Å². The molecule has 106 valence electrons. The molecule has 1 N–H and O–H groups in total. The highest BCUT2D eigenvalue weighted by molar-refractivity contribution is 4.91. The van der Waals surface area contributed by atoms with E-state index < -0.39 is 0 Å². The van der Waals surface area contributed by atoms with Crippen molar-refractivity contribution >= 4 is 0 Å². The Morgan fingerprint density at radius 1 is 1.26 bits per heavy atom. The van der Waals surface area contributed by atoms with Crippen LogP contribution in [0.1, 0.15) is 52.3 Å². The number of fused-ring (bicyclic) bond motifs is 2. The highest BCUT2D eigenvalue weighted by Gasteiger charge is 2.39. The van der Waals surface area contributed by atoms with Crippen molar-refractivity contribution in [2.24, 2.45) is 17.8 Å². The molecule has 2 bridgehead atoms. The number of hydrogen-bond acceptors (Lipinski definition) is 4. The zero-order valence-corrected chi connectivity index (χ0v) is 12.3. The molecule has 1 aromatic heterocycles. The average molecular weight is 263 g/mol. The maximum absolute atomic E-state index is 4.18. The van der Waals surface area contributed by atoms with Crippen LogP contribution in [-0.2, 0) is 13.1 Å². The van der Waals surface area contributed by atoms with Crippen molar-refractivity contribution in [3.05, 3.63) is 5.82 Å². The number of tetrazole rings is 1. The third kappa shape index (κ3) is 2.96. The molecule has 0 amide bonds. The van der Waals surface area contributed by atoms with Crippen LogP contribution in [0.5, 0.6) is 0 Å². The van der Waals surface area contributed by atoms with E-state index in [4.69, 9.17) is 0 Å². The molecule has 0 spiro atoms. The van der Waals surface area contributed by atoms with E-state index in [1.807, 2.05) is 4.68 Å². The predicted octanol–water partition coefficient (Wildman–Crippen LogP) is 2.00. The minimum atomic E-state index is 0.100. The number of aromatic nitrogens is 4. The number of hydrogen-bond donors (Lipinski definition) is 1. The van der Waals surface area contributed by atoms with Crippen LogP contribution in [0.3, 0.4) is 0 Å². The fourth-order valence-corrected chi connectivity index (χ4v) is 3.66. The third-order valence-electron chi connectivity index (χ3n) is 4.67. The van der Waals surface area contributed by atoms with Gasteiger partial charge in [-0.2, -0.15) is 0 Å². The van der Waals surface area contributed by atoms with Gasteiger partial charge >= 0.3 is 0 Å². The van der Waals surface area contributed by atoms with E-state index in [2.05, 4.69) is 41.6 Å². The van der Waals surface area contributed by atoms with Crippen LogP contribution in [-0.4, -0.2) is 25.7 Å². The maximum atomic E-state index is 4.18. The van der Waals surface area contributed by atoms with Crippen molar-refractivity contribution in [3.8, 4) is 0 Å². The van der Waals surface area contributed by atoms with Gasteiger partial charge in [0, 0.05) is 12.1 Å². The Bertz CT molecular complexity index is 433. The zero-order valence-electron chi connectivity index (χ0n) is 12.3. The fourth-order valence-electron chi connectivity index (χ4n) is 3.66. The van der Waals surface area contributed by atoms with Gasteiger partial charge < -0.3 is 5.32 Å². The summed E-state index contributed by atoms with van der Waals surface area (Å²) < 4.78 is 2.02. The summed E-state index contributed by atoms with van der Waals surface area (Å²) in [6.45, 7) is 8.25. The van der Waals surface area contributed by atoms with Gasteiger partial charge in [-0.15, -0.1) is 5.10 Å². The molecule has 0 aliphatic heterocycles. The second-order valence-electron chi connectivity index (χ2n) is 7.32. The third-order valence-corrected chi connectivity index (χ3v) is 4.67. The summed E-state index contributed by atoms with van der Waals surface area (Å²) in [4.78, 5) is 0. The van der Waals surface area contributed by atoms with Crippen LogP contribution in [0.4, 0.5) is 0 Å². The molecule has 2 aliphatic carbocycles. The Hall–Kier alpha value is -0.970. The van der Waals surface area contributed by atoms with Crippen LogP contribution in [0.2, 0.25) is 0 Å². The lowest BCUT2D eigenvalue weighted by molar-refractivity contribution is 0.277. The van der Waals surface area contributed by atoms with Gasteiger partial charge in [0.25, 0.3) is 0 Å². The van der Waals surface area contributed by atoms with Gasteiger partial charge in [-0.05, 0) is 68.2 Å². The summed E-state index contributed by atoms with van der Waals surface area (Å²) in [6, 6.07) is 0. The normalized spacial score (nSPS) is 30.2. The van der Waals surface area contributed by atoms with Gasteiger partial charge in [0.05, 0.1) is 6.54 Å². The maximum Gasteiger partial charge on any atom is 0.165 e. The first-order valence-corrected chi connectivity index (χ1v) is 7.51. The molecule has 3 unspecified atom stereocenters. The molecule has 0 saturated heterocycles. The summed E-state index contributed by atoms with van der Waals surface area (Å²) in [5, 5.41) is 15.7. The minimum Gasteiger partial charge on any atom is -0.305 e. The van der Waals surface area contributed by atoms with Crippen LogP contribution in [0.25, 0.3) is 0 Å². The Balaban J connectivity index is 1.61. The fraction of sp³-hybridized carbons (Fsp3) is 0.929. The van der Waals surface area contributed by atoms with Crippen molar-refractivity contribution < 1.29 is 0 Å². The molecule has 5 heteroatoms. The Morgan fingerprint density at radius 3 is 2.74 bits per heavy atom. The molecule has 2 aliphatic rings. The van der Waals surface area contributed by atoms with Crippen molar-refractivity contribution in [2.45, 2.75) is 65.1 Å². The topological polar surface area (TPSA) is 55.6 Å². The van der Waals surface area contributed by atoms with E-state index in [1.165, 1.54) is 25.7 Å². The summed E-state index contributed by atoms with van der Waals surface area (Å²) in [5.74, 6) is 3.69. The Morgan fingerprint density at radius 2 is 2.11 bits per heavy atom. The first-order chi connectivity index (χ1) is 9.01. The highest BCUT2D eigenvalue weighted by Crippen LogP contribution is 2.48. The molecular weight excluding hydrogens is 238 g/mol. The second-order valence-corrected chi connectivity index (χ2v) is 7.32. The Kier molecular flexibility index (Phi) is 3.33. The monoisotopic (exact) mass is 263 g/mol. The first-order valence-electron chi connectivity index (χ1n) is 7.51. The number of nitrogens with one attached hydrogen (secondary N) is 1. The van der Waals surface area contributed by atoms with E-state index in [1.54, 1.807) is 0 Å². The van der Waals surface area contributed by atoms with Crippen LogP contribution in [0, 0.1) is 17.8 Å². The summed E-state index contributed by atoms with van der Waals surface area (Å²) in [5.41, 5.74) is 0.100. The molecule has 3 atom stereocenters. The van der Waals surface area contributed by atoms with Crippen molar-refractivity contribution in [2.75, 3.05) is 0 Å². The van der Waals surface area contributed by atoms with E-state index in [0.717, 1.165) is 36.7 Å². The largest absolute Gasteiger partial charge is 0.305 e. The summed E-state index contributed by atoms with van der Waals surface area (Å²) >= 11 is 0. The molecule has 5 nitrogen and oxygen atoms in total. The van der Waals surface area contributed by atoms with Gasteiger partial charge in [0.2, 0.25) is 0 Å². The number of nitrogens with zero attached hydrogens (tertiary/aromatic N) is 4. The van der Waals surface area contributed by atoms with E-state index in [9.17, 15) is 0 Å². The second kappa shape index (κ2) is 4.85. The van der Waals surface area contributed by atoms with Gasteiger partial charge in [0.15, 0.2) is 5.82 Å². The summed E-state index contributed by atoms with van der Waals surface area (Å²) in [7, 11) is 0. The van der Waals surface area contributed by atoms with Crippen LogP contribution in [0.15, 0.2) is 0 Å². The molecule has 3 rings (SSSR count). The van der Waals surface area contributed by atoms with E-state index >= 15 is 0 Å². The number of rotatable bonds is 4. The SMILES string of the molecule is CC(C)(C)NCc1nnnn1CC1CC2CCC1C2. The van der Waals surface area contributed by atoms with E-state index in [0.29, 0.717) is 0 Å². The van der Waals surface area contributed by atoms with Crippen LogP contribution >= 0.6 is 0 Å². The van der Waals surface area contributed by atoms with Crippen molar-refractivity contribution in [3.63, 3.8) is 0 Å². The van der Waals surface area contributed by atoms with Crippen LogP contribution < -0.4 is 5.32 Å². The standard InChI is InChI=1S/C14H25N5/c1-14(2,3)15-8-13-16-17-18-19(13)9-12-7-10-4-5-11(12)6-10/h10-12,15H,4-9H2,1-3H3. The molecule has 1 aromatic rings. The average Bonchev–Trinajstić information content (AvgIpc) is 3.01. The van der Waals surface area contributed by atoms with Gasteiger partial charge in [0.1, 0.15) is 0 Å². The first kappa shape index (κ1) is 13.0. The summed E-state index contributed by atoms with van der Waals surface area (Å²) in [6.07, 6.45) is 5.71.